The van der Waals surface area contributed by atoms with E-state index >= 15 is 0 Å². The van der Waals surface area contributed by atoms with Crippen molar-refractivity contribution in [2.45, 2.75) is 13.0 Å². The van der Waals surface area contributed by atoms with Gasteiger partial charge in [-0.3, -0.25) is 0 Å². The van der Waals surface area contributed by atoms with Gasteiger partial charge >= 0.3 is 5.69 Å². The van der Waals surface area contributed by atoms with Gasteiger partial charge in [0.2, 0.25) is 0 Å². The molecule has 6 nitrogen and oxygen atoms in total. The van der Waals surface area contributed by atoms with Gasteiger partial charge in [0.05, 0.1) is 7.11 Å². The van der Waals surface area contributed by atoms with E-state index in [0.29, 0.717) is 12.4 Å². The van der Waals surface area contributed by atoms with Crippen LogP contribution < -0.4 is 21.1 Å². The smallest absolute Gasteiger partial charge is 0.347 e. The summed E-state index contributed by atoms with van der Waals surface area (Å²) < 4.78 is 5.19. The van der Waals surface area contributed by atoms with Crippen LogP contribution in [0.4, 0.5) is 11.5 Å². The third-order valence-electron chi connectivity index (χ3n) is 3.31. The van der Waals surface area contributed by atoms with Crippen molar-refractivity contribution in [1.82, 2.24) is 15.3 Å². The van der Waals surface area contributed by atoms with Gasteiger partial charge in [-0.2, -0.15) is 4.98 Å². The SMILES string of the molecule is COc1cccc(Nc2nc(=O)[nH]c3c2CCNC3)c1. The fraction of sp³-hybridized carbons (Fsp3) is 0.286. The van der Waals surface area contributed by atoms with Crippen LogP contribution >= 0.6 is 0 Å². The van der Waals surface area contributed by atoms with E-state index in [1.54, 1.807) is 7.11 Å². The number of nitrogens with one attached hydrogen (secondary N) is 3. The Bertz CT molecular complexity index is 681. The Morgan fingerprint density at radius 2 is 2.30 bits per heavy atom. The zero-order chi connectivity index (χ0) is 13.9. The van der Waals surface area contributed by atoms with E-state index in [0.717, 1.165) is 35.7 Å². The van der Waals surface area contributed by atoms with E-state index in [4.69, 9.17) is 4.74 Å². The molecule has 3 N–H and O–H groups in total. The van der Waals surface area contributed by atoms with E-state index in [1.807, 2.05) is 24.3 Å². The molecule has 0 unspecified atom stereocenters. The summed E-state index contributed by atoms with van der Waals surface area (Å²) in [4.78, 5) is 18.4. The maximum absolute atomic E-state index is 11.6. The van der Waals surface area contributed by atoms with Crippen LogP contribution in [0.15, 0.2) is 29.1 Å². The molecule has 0 saturated heterocycles. The molecule has 0 fully saturated rings. The zero-order valence-electron chi connectivity index (χ0n) is 11.2. The summed E-state index contributed by atoms with van der Waals surface area (Å²) in [7, 11) is 1.62. The highest BCUT2D eigenvalue weighted by molar-refractivity contribution is 5.61. The average Bonchev–Trinajstić information content (AvgIpc) is 2.47. The number of rotatable bonds is 3. The molecule has 6 heteroatoms. The first-order valence-corrected chi connectivity index (χ1v) is 6.50. The number of nitrogens with zero attached hydrogens (tertiary/aromatic N) is 1. The fourth-order valence-electron chi connectivity index (χ4n) is 2.33. The van der Waals surface area contributed by atoms with Gasteiger partial charge in [0.1, 0.15) is 11.6 Å². The molecular weight excluding hydrogens is 256 g/mol. The van der Waals surface area contributed by atoms with Crippen LogP contribution in [0.5, 0.6) is 5.75 Å². The van der Waals surface area contributed by atoms with Crippen LogP contribution in [-0.4, -0.2) is 23.6 Å². The fourth-order valence-corrected chi connectivity index (χ4v) is 2.33. The van der Waals surface area contributed by atoms with E-state index in [9.17, 15) is 4.79 Å². The normalized spacial score (nSPS) is 13.7. The summed E-state index contributed by atoms with van der Waals surface area (Å²) in [5.41, 5.74) is 2.48. The number of ether oxygens (including phenoxy) is 1. The molecular formula is C14H16N4O2. The van der Waals surface area contributed by atoms with Crippen molar-refractivity contribution >= 4 is 11.5 Å². The van der Waals surface area contributed by atoms with Gasteiger partial charge < -0.3 is 20.4 Å². The number of hydrogen-bond donors (Lipinski definition) is 3. The predicted octanol–water partition coefficient (Wildman–Crippen LogP) is 1.17. The van der Waals surface area contributed by atoms with Crippen LogP contribution in [0.25, 0.3) is 0 Å². The lowest BCUT2D eigenvalue weighted by Crippen LogP contribution is -2.29. The Balaban J connectivity index is 1.97. The monoisotopic (exact) mass is 272 g/mol. The molecule has 0 aliphatic carbocycles. The standard InChI is InChI=1S/C14H16N4O2/c1-20-10-4-2-3-9(7-10)16-13-11-5-6-15-8-12(11)17-14(19)18-13/h2-4,7,15H,5-6,8H2,1H3,(H2,16,17,18,19). The van der Waals surface area contributed by atoms with Crippen molar-refractivity contribution in [3.63, 3.8) is 0 Å². The molecule has 0 spiro atoms. The number of methoxy groups -OCH3 is 1. The topological polar surface area (TPSA) is 79.0 Å². The Morgan fingerprint density at radius 3 is 3.15 bits per heavy atom. The number of aromatic amines is 1. The third-order valence-corrected chi connectivity index (χ3v) is 3.31. The molecule has 2 heterocycles. The maximum Gasteiger partial charge on any atom is 0.347 e. The van der Waals surface area contributed by atoms with Gasteiger partial charge in [-0.25, -0.2) is 4.79 Å². The lowest BCUT2D eigenvalue weighted by molar-refractivity contribution is 0.415. The first-order valence-electron chi connectivity index (χ1n) is 6.50. The summed E-state index contributed by atoms with van der Waals surface area (Å²) in [5.74, 6) is 1.38. The highest BCUT2D eigenvalue weighted by Crippen LogP contribution is 2.24. The van der Waals surface area contributed by atoms with Crippen LogP contribution in [-0.2, 0) is 13.0 Å². The van der Waals surface area contributed by atoms with E-state index in [2.05, 4.69) is 20.6 Å². The van der Waals surface area contributed by atoms with Crippen LogP contribution in [0, 0.1) is 0 Å². The van der Waals surface area contributed by atoms with Gasteiger partial charge in [0, 0.05) is 29.6 Å². The summed E-state index contributed by atoms with van der Waals surface area (Å²) >= 11 is 0. The first-order chi connectivity index (χ1) is 9.76. The second-order valence-corrected chi connectivity index (χ2v) is 4.63. The Kier molecular flexibility index (Phi) is 3.39. The summed E-state index contributed by atoms with van der Waals surface area (Å²) in [6.45, 7) is 1.55. The predicted molar refractivity (Wildman–Crippen MR) is 76.5 cm³/mol. The van der Waals surface area contributed by atoms with Crippen molar-refractivity contribution < 1.29 is 4.74 Å². The minimum Gasteiger partial charge on any atom is -0.497 e. The van der Waals surface area contributed by atoms with Crippen molar-refractivity contribution in [3.8, 4) is 5.75 Å². The summed E-state index contributed by atoms with van der Waals surface area (Å²) in [6, 6.07) is 7.55. The molecule has 1 aromatic carbocycles. The summed E-state index contributed by atoms with van der Waals surface area (Å²) in [5, 5.41) is 6.44. The second-order valence-electron chi connectivity index (χ2n) is 4.63. The lowest BCUT2D eigenvalue weighted by atomic mass is 10.1. The zero-order valence-corrected chi connectivity index (χ0v) is 11.2. The van der Waals surface area contributed by atoms with Crippen LogP contribution in [0.3, 0.4) is 0 Å². The molecule has 0 amide bonds. The van der Waals surface area contributed by atoms with Crippen LogP contribution in [0.2, 0.25) is 0 Å². The highest BCUT2D eigenvalue weighted by Gasteiger charge is 2.15. The van der Waals surface area contributed by atoms with Gasteiger partial charge in [-0.1, -0.05) is 6.07 Å². The van der Waals surface area contributed by atoms with Crippen molar-refractivity contribution in [2.75, 3.05) is 19.0 Å². The Labute approximate surface area is 116 Å². The minimum absolute atomic E-state index is 0.335. The number of benzene rings is 1. The second kappa shape index (κ2) is 5.34. The molecule has 0 atom stereocenters. The molecule has 0 radical (unpaired) electrons. The Hall–Kier alpha value is -2.34. The molecule has 1 aromatic heterocycles. The first kappa shape index (κ1) is 12.7. The quantitative estimate of drug-likeness (QED) is 0.781. The van der Waals surface area contributed by atoms with E-state index < -0.39 is 0 Å². The van der Waals surface area contributed by atoms with Gasteiger partial charge in [-0.05, 0) is 25.1 Å². The number of hydrogen-bond acceptors (Lipinski definition) is 5. The van der Waals surface area contributed by atoms with Crippen LogP contribution in [0.1, 0.15) is 11.3 Å². The highest BCUT2D eigenvalue weighted by atomic mass is 16.5. The largest absolute Gasteiger partial charge is 0.497 e. The van der Waals surface area contributed by atoms with Crippen molar-refractivity contribution in [2.24, 2.45) is 0 Å². The number of anilines is 2. The number of fused-ring (bicyclic) bond motifs is 1. The average molecular weight is 272 g/mol. The minimum atomic E-state index is -0.335. The molecule has 1 aliphatic heterocycles. The Morgan fingerprint density at radius 1 is 1.40 bits per heavy atom. The van der Waals surface area contributed by atoms with E-state index in [1.165, 1.54) is 0 Å². The van der Waals surface area contributed by atoms with Crippen molar-refractivity contribution in [3.05, 3.63) is 46.0 Å². The molecule has 20 heavy (non-hydrogen) atoms. The lowest BCUT2D eigenvalue weighted by Gasteiger charge is -2.19. The van der Waals surface area contributed by atoms with E-state index in [-0.39, 0.29) is 5.69 Å². The number of H-pyrrole nitrogens is 1. The van der Waals surface area contributed by atoms with Gasteiger partial charge in [-0.15, -0.1) is 0 Å². The molecule has 2 aromatic rings. The third kappa shape index (κ3) is 2.50. The summed E-state index contributed by atoms with van der Waals surface area (Å²) in [6.07, 6.45) is 0.839. The molecule has 104 valence electrons. The van der Waals surface area contributed by atoms with Gasteiger partial charge in [0.15, 0.2) is 0 Å². The molecule has 3 rings (SSSR count). The molecule has 0 saturated carbocycles. The molecule has 0 bridgehead atoms. The van der Waals surface area contributed by atoms with Gasteiger partial charge in [0.25, 0.3) is 0 Å². The maximum atomic E-state index is 11.6. The van der Waals surface area contributed by atoms with Crippen molar-refractivity contribution in [1.29, 1.82) is 0 Å². The molecule has 1 aliphatic rings. The number of aromatic nitrogens is 2.